The molecule has 112 valence electrons. The first-order chi connectivity index (χ1) is 10.1. The highest BCUT2D eigenvalue weighted by molar-refractivity contribution is 5.91. The topological polar surface area (TPSA) is 67.4 Å². The molecule has 3 rings (SSSR count). The molecular formula is C14H19N5O2. The maximum atomic E-state index is 12.5. The van der Waals surface area contributed by atoms with Crippen molar-refractivity contribution >= 4 is 5.91 Å². The predicted molar refractivity (Wildman–Crippen MR) is 75.7 cm³/mol. The van der Waals surface area contributed by atoms with Gasteiger partial charge in [0.25, 0.3) is 5.91 Å². The number of amides is 1. The lowest BCUT2D eigenvalue weighted by atomic mass is 10.1. The molecule has 1 fully saturated rings. The summed E-state index contributed by atoms with van der Waals surface area (Å²) in [7, 11) is 4.02. The van der Waals surface area contributed by atoms with E-state index < -0.39 is 0 Å². The number of imidazole rings is 1. The van der Waals surface area contributed by atoms with Crippen LogP contribution in [0.1, 0.15) is 28.1 Å². The molecule has 0 bridgehead atoms. The number of nitrogens with zero attached hydrogens (tertiary/aromatic N) is 5. The second-order valence-corrected chi connectivity index (χ2v) is 5.48. The Bertz CT molecular complexity index is 647. The third-order valence-electron chi connectivity index (χ3n) is 3.93. The molecule has 1 atom stereocenters. The summed E-state index contributed by atoms with van der Waals surface area (Å²) in [5.74, 6) is 1.15. The van der Waals surface area contributed by atoms with Crippen LogP contribution in [-0.4, -0.2) is 57.1 Å². The summed E-state index contributed by atoms with van der Waals surface area (Å²) >= 11 is 0. The zero-order valence-corrected chi connectivity index (χ0v) is 12.5. The van der Waals surface area contributed by atoms with Crippen molar-refractivity contribution in [3.8, 4) is 0 Å². The lowest BCUT2D eigenvalue weighted by Crippen LogP contribution is -2.49. The molecule has 0 N–H and O–H groups in total. The smallest absolute Gasteiger partial charge is 0.292 e. The number of likely N-dealkylation sites (N-methyl/N-ethyl adjacent to an activating group) is 1. The fourth-order valence-electron chi connectivity index (χ4n) is 2.66. The largest absolute Gasteiger partial charge is 0.351 e. The molecule has 3 heterocycles. The van der Waals surface area contributed by atoms with Crippen molar-refractivity contribution in [1.29, 1.82) is 0 Å². The van der Waals surface area contributed by atoms with Crippen LogP contribution >= 0.6 is 0 Å². The van der Waals surface area contributed by atoms with Crippen LogP contribution in [0.25, 0.3) is 0 Å². The molecule has 2 aromatic rings. The van der Waals surface area contributed by atoms with Gasteiger partial charge in [0.05, 0.1) is 11.7 Å². The van der Waals surface area contributed by atoms with Gasteiger partial charge in [0, 0.05) is 45.1 Å². The Morgan fingerprint density at radius 2 is 2.19 bits per heavy atom. The van der Waals surface area contributed by atoms with Gasteiger partial charge in [-0.2, -0.15) is 0 Å². The maximum Gasteiger partial charge on any atom is 0.292 e. The van der Waals surface area contributed by atoms with Crippen molar-refractivity contribution in [1.82, 2.24) is 24.5 Å². The second-order valence-electron chi connectivity index (χ2n) is 5.48. The van der Waals surface area contributed by atoms with Crippen molar-refractivity contribution in [2.24, 2.45) is 7.05 Å². The molecule has 21 heavy (non-hydrogen) atoms. The minimum absolute atomic E-state index is 0.0896. The van der Waals surface area contributed by atoms with E-state index in [1.807, 2.05) is 17.8 Å². The fraction of sp³-hybridized carbons (Fsp3) is 0.500. The number of hydrogen-bond donors (Lipinski definition) is 0. The average Bonchev–Trinajstić information content (AvgIpc) is 3.07. The van der Waals surface area contributed by atoms with Gasteiger partial charge in [-0.05, 0) is 14.0 Å². The lowest BCUT2D eigenvalue weighted by molar-refractivity contribution is 0.0492. The van der Waals surface area contributed by atoms with Crippen LogP contribution in [0.2, 0.25) is 0 Å². The third-order valence-corrected chi connectivity index (χ3v) is 3.93. The minimum Gasteiger partial charge on any atom is -0.351 e. The molecular weight excluding hydrogens is 270 g/mol. The van der Waals surface area contributed by atoms with Crippen molar-refractivity contribution in [2.45, 2.75) is 13.0 Å². The van der Waals surface area contributed by atoms with E-state index in [0.717, 1.165) is 12.4 Å². The summed E-state index contributed by atoms with van der Waals surface area (Å²) in [6, 6.07) is 1.77. The van der Waals surface area contributed by atoms with Crippen LogP contribution in [-0.2, 0) is 7.05 Å². The van der Waals surface area contributed by atoms with Gasteiger partial charge in [-0.15, -0.1) is 0 Å². The Morgan fingerprint density at radius 3 is 2.81 bits per heavy atom. The zero-order chi connectivity index (χ0) is 15.0. The predicted octanol–water partition coefficient (Wildman–Crippen LogP) is 0.845. The Morgan fingerprint density at radius 1 is 1.38 bits per heavy atom. The SMILES string of the molecule is Cc1cc(C(=O)N2CCN(C)C(c3nccn3C)C2)on1. The molecule has 1 amide bonds. The van der Waals surface area contributed by atoms with E-state index >= 15 is 0 Å². The first-order valence-corrected chi connectivity index (χ1v) is 6.96. The van der Waals surface area contributed by atoms with Gasteiger partial charge in [0.1, 0.15) is 5.82 Å². The summed E-state index contributed by atoms with van der Waals surface area (Å²) in [6.45, 7) is 3.88. The first kappa shape index (κ1) is 13.8. The van der Waals surface area contributed by atoms with E-state index in [0.29, 0.717) is 24.5 Å². The van der Waals surface area contributed by atoms with Gasteiger partial charge in [-0.25, -0.2) is 4.98 Å². The quantitative estimate of drug-likeness (QED) is 0.820. The van der Waals surface area contributed by atoms with Crippen LogP contribution in [0.3, 0.4) is 0 Å². The van der Waals surface area contributed by atoms with Crippen LogP contribution in [0.5, 0.6) is 0 Å². The van der Waals surface area contributed by atoms with E-state index in [4.69, 9.17) is 4.52 Å². The van der Waals surface area contributed by atoms with Gasteiger partial charge in [-0.1, -0.05) is 5.16 Å². The molecule has 1 aliphatic rings. The number of carbonyl (C=O) groups excluding carboxylic acids is 1. The number of hydrogen-bond acceptors (Lipinski definition) is 5. The third kappa shape index (κ3) is 2.56. The van der Waals surface area contributed by atoms with Gasteiger partial charge in [0.2, 0.25) is 5.76 Å². The molecule has 1 aliphatic heterocycles. The van der Waals surface area contributed by atoms with Gasteiger partial charge in [0.15, 0.2) is 0 Å². The highest BCUT2D eigenvalue weighted by Gasteiger charge is 2.32. The van der Waals surface area contributed by atoms with Crippen molar-refractivity contribution in [3.05, 3.63) is 35.7 Å². The lowest BCUT2D eigenvalue weighted by Gasteiger charge is -2.38. The molecule has 7 nitrogen and oxygen atoms in total. The van der Waals surface area contributed by atoms with Crippen molar-refractivity contribution in [3.63, 3.8) is 0 Å². The average molecular weight is 289 g/mol. The molecule has 0 aromatic carbocycles. The molecule has 7 heteroatoms. The van der Waals surface area contributed by atoms with Gasteiger partial charge >= 0.3 is 0 Å². The molecule has 0 radical (unpaired) electrons. The molecule has 0 aliphatic carbocycles. The molecule has 0 saturated carbocycles. The van der Waals surface area contributed by atoms with E-state index in [9.17, 15) is 4.79 Å². The highest BCUT2D eigenvalue weighted by Crippen LogP contribution is 2.23. The molecule has 1 unspecified atom stereocenters. The van der Waals surface area contributed by atoms with Crippen LogP contribution in [0.4, 0.5) is 0 Å². The summed E-state index contributed by atoms with van der Waals surface area (Å²) in [4.78, 5) is 20.9. The zero-order valence-electron chi connectivity index (χ0n) is 12.5. The van der Waals surface area contributed by atoms with Crippen LogP contribution in [0, 0.1) is 6.92 Å². The van der Waals surface area contributed by atoms with Crippen molar-refractivity contribution < 1.29 is 9.32 Å². The number of rotatable bonds is 2. The molecule has 1 saturated heterocycles. The Hall–Kier alpha value is -2.15. The summed E-state index contributed by atoms with van der Waals surface area (Å²) in [5.41, 5.74) is 0.716. The highest BCUT2D eigenvalue weighted by atomic mass is 16.5. The molecule has 2 aromatic heterocycles. The van der Waals surface area contributed by atoms with Gasteiger partial charge in [-0.3, -0.25) is 9.69 Å². The number of aromatic nitrogens is 3. The van der Waals surface area contributed by atoms with E-state index in [-0.39, 0.29) is 11.9 Å². The normalized spacial score (nSPS) is 20.0. The van der Waals surface area contributed by atoms with E-state index in [1.54, 1.807) is 24.1 Å². The van der Waals surface area contributed by atoms with E-state index in [2.05, 4.69) is 22.1 Å². The summed E-state index contributed by atoms with van der Waals surface area (Å²) in [5, 5.41) is 3.78. The summed E-state index contributed by atoms with van der Waals surface area (Å²) < 4.78 is 7.07. The molecule has 0 spiro atoms. The summed E-state index contributed by atoms with van der Waals surface area (Å²) in [6.07, 6.45) is 3.70. The fourth-order valence-corrected chi connectivity index (χ4v) is 2.66. The number of aryl methyl sites for hydroxylation is 2. The van der Waals surface area contributed by atoms with E-state index in [1.165, 1.54) is 0 Å². The Labute approximate surface area is 123 Å². The number of carbonyl (C=O) groups is 1. The standard InChI is InChI=1S/C14H19N5O2/c1-10-8-12(21-16-10)14(20)19-7-6-17(2)11(9-19)13-15-4-5-18(13)3/h4-5,8,11H,6-7,9H2,1-3H3. The Balaban J connectivity index is 1.80. The van der Waals surface area contributed by atoms with Crippen LogP contribution in [0.15, 0.2) is 23.0 Å². The maximum absolute atomic E-state index is 12.5. The minimum atomic E-state index is -0.108. The monoisotopic (exact) mass is 289 g/mol. The second kappa shape index (κ2) is 5.33. The van der Waals surface area contributed by atoms with Crippen molar-refractivity contribution in [2.75, 3.05) is 26.7 Å². The number of piperazine rings is 1. The Kier molecular flexibility index (Phi) is 3.50. The van der Waals surface area contributed by atoms with Crippen LogP contribution < -0.4 is 0 Å². The first-order valence-electron chi connectivity index (χ1n) is 6.96. The van der Waals surface area contributed by atoms with Gasteiger partial charge < -0.3 is 14.0 Å².